The van der Waals surface area contributed by atoms with Gasteiger partial charge in [-0.05, 0) is 47.5 Å². The molecule has 0 aliphatic rings. The van der Waals surface area contributed by atoms with E-state index in [9.17, 15) is 17.6 Å². The van der Waals surface area contributed by atoms with Gasteiger partial charge in [0.25, 0.3) is 5.56 Å². The van der Waals surface area contributed by atoms with Crippen LogP contribution in [0.3, 0.4) is 0 Å². The van der Waals surface area contributed by atoms with Crippen LogP contribution < -0.4 is 5.56 Å². The molecule has 0 saturated carbocycles. The van der Waals surface area contributed by atoms with Crippen LogP contribution in [0.5, 0.6) is 0 Å². The molecular formula is C24H19FN2O3S. The molecule has 7 heteroatoms. The number of benzene rings is 3. The minimum atomic E-state index is -3.34. The van der Waals surface area contributed by atoms with Crippen LogP contribution in [0.2, 0.25) is 0 Å². The second kappa shape index (κ2) is 8.28. The molecule has 0 spiro atoms. The molecule has 1 heterocycles. The average Bonchev–Trinajstić information content (AvgIpc) is 2.76. The standard InChI is InChI=1S/C24H19FN2O3S/c1-31(29,30)21-13-9-18(10-14-21)22-15-23(28)27(16-17-5-3-2-4-6-17)26-24(22)19-7-11-20(25)12-8-19/h2-15H,16H2,1H3. The van der Waals surface area contributed by atoms with Gasteiger partial charge in [-0.25, -0.2) is 17.5 Å². The third kappa shape index (κ3) is 4.62. The zero-order chi connectivity index (χ0) is 22.0. The highest BCUT2D eigenvalue weighted by molar-refractivity contribution is 7.90. The molecule has 4 rings (SSSR count). The van der Waals surface area contributed by atoms with Gasteiger partial charge in [-0.3, -0.25) is 4.79 Å². The van der Waals surface area contributed by atoms with Crippen molar-refractivity contribution in [2.24, 2.45) is 0 Å². The molecule has 0 saturated heterocycles. The lowest BCUT2D eigenvalue weighted by molar-refractivity contribution is 0.602. The SMILES string of the molecule is CS(=O)(=O)c1ccc(-c2cc(=O)n(Cc3ccccc3)nc2-c2ccc(F)cc2)cc1. The minimum Gasteiger partial charge on any atom is -0.268 e. The van der Waals surface area contributed by atoms with Crippen molar-refractivity contribution in [3.8, 4) is 22.4 Å². The molecule has 156 valence electrons. The van der Waals surface area contributed by atoms with Crippen molar-refractivity contribution in [2.45, 2.75) is 11.4 Å². The zero-order valence-corrected chi connectivity index (χ0v) is 17.5. The van der Waals surface area contributed by atoms with Crippen molar-refractivity contribution in [1.29, 1.82) is 0 Å². The highest BCUT2D eigenvalue weighted by Crippen LogP contribution is 2.30. The van der Waals surface area contributed by atoms with E-state index in [1.165, 1.54) is 35.0 Å². The maximum absolute atomic E-state index is 13.5. The first-order valence-electron chi connectivity index (χ1n) is 9.54. The molecule has 4 aromatic rings. The van der Waals surface area contributed by atoms with Crippen molar-refractivity contribution in [3.63, 3.8) is 0 Å². The van der Waals surface area contributed by atoms with Crippen LogP contribution in [-0.4, -0.2) is 24.5 Å². The van der Waals surface area contributed by atoms with Gasteiger partial charge in [0.15, 0.2) is 9.84 Å². The van der Waals surface area contributed by atoms with Crippen molar-refractivity contribution in [2.75, 3.05) is 6.26 Å². The van der Waals surface area contributed by atoms with Gasteiger partial charge < -0.3 is 0 Å². The molecule has 0 amide bonds. The maximum atomic E-state index is 13.5. The molecule has 0 bridgehead atoms. The fraction of sp³-hybridized carbons (Fsp3) is 0.0833. The van der Waals surface area contributed by atoms with Crippen LogP contribution in [0.1, 0.15) is 5.56 Å². The number of hydrogen-bond acceptors (Lipinski definition) is 4. The van der Waals surface area contributed by atoms with Crippen LogP contribution in [0.15, 0.2) is 94.6 Å². The van der Waals surface area contributed by atoms with Crippen LogP contribution in [0.4, 0.5) is 4.39 Å². The lowest BCUT2D eigenvalue weighted by Crippen LogP contribution is -2.23. The number of sulfone groups is 1. The molecule has 1 aromatic heterocycles. The Morgan fingerprint density at radius 3 is 2.10 bits per heavy atom. The van der Waals surface area contributed by atoms with E-state index >= 15 is 0 Å². The molecule has 31 heavy (non-hydrogen) atoms. The summed E-state index contributed by atoms with van der Waals surface area (Å²) >= 11 is 0. The predicted octanol–water partition coefficient (Wildman–Crippen LogP) is 4.17. The largest absolute Gasteiger partial charge is 0.268 e. The van der Waals surface area contributed by atoms with Gasteiger partial charge in [-0.1, -0.05) is 42.5 Å². The molecule has 0 aliphatic heterocycles. The summed E-state index contributed by atoms with van der Waals surface area (Å²) in [5, 5.41) is 4.58. The molecule has 0 aliphatic carbocycles. The Bertz CT molecular complexity index is 1380. The van der Waals surface area contributed by atoms with Crippen LogP contribution in [0, 0.1) is 5.82 Å². The van der Waals surface area contributed by atoms with Crippen molar-refractivity contribution in [3.05, 3.63) is 107 Å². The quantitative estimate of drug-likeness (QED) is 0.473. The lowest BCUT2D eigenvalue weighted by Gasteiger charge is -2.13. The number of rotatable bonds is 5. The highest BCUT2D eigenvalue weighted by atomic mass is 32.2. The summed E-state index contributed by atoms with van der Waals surface area (Å²) in [5.74, 6) is -0.375. The molecule has 0 fully saturated rings. The van der Waals surface area contributed by atoms with Gasteiger partial charge in [-0.15, -0.1) is 0 Å². The highest BCUT2D eigenvalue weighted by Gasteiger charge is 2.15. The van der Waals surface area contributed by atoms with Crippen LogP contribution in [-0.2, 0) is 16.4 Å². The third-order valence-corrected chi connectivity index (χ3v) is 6.01. The Kier molecular flexibility index (Phi) is 5.52. The Morgan fingerprint density at radius 2 is 1.48 bits per heavy atom. The van der Waals surface area contributed by atoms with E-state index in [-0.39, 0.29) is 16.3 Å². The van der Waals surface area contributed by atoms with E-state index in [2.05, 4.69) is 5.10 Å². The van der Waals surface area contributed by atoms with Crippen molar-refractivity contribution in [1.82, 2.24) is 9.78 Å². The molecule has 0 N–H and O–H groups in total. The van der Waals surface area contributed by atoms with Gasteiger partial charge in [-0.2, -0.15) is 5.10 Å². The summed E-state index contributed by atoms with van der Waals surface area (Å²) in [6, 6.07) is 23.1. The molecule has 0 unspecified atom stereocenters. The third-order valence-electron chi connectivity index (χ3n) is 4.88. The minimum absolute atomic E-state index is 0.185. The second-order valence-electron chi connectivity index (χ2n) is 7.19. The molecular weight excluding hydrogens is 415 g/mol. The fourth-order valence-electron chi connectivity index (χ4n) is 3.28. The number of halogens is 1. The molecule has 5 nitrogen and oxygen atoms in total. The zero-order valence-electron chi connectivity index (χ0n) is 16.7. The lowest BCUT2D eigenvalue weighted by atomic mass is 10.00. The summed E-state index contributed by atoms with van der Waals surface area (Å²) in [4.78, 5) is 13.0. The number of aromatic nitrogens is 2. The topological polar surface area (TPSA) is 69.0 Å². The van der Waals surface area contributed by atoms with E-state index in [0.29, 0.717) is 28.9 Å². The van der Waals surface area contributed by atoms with Crippen LogP contribution >= 0.6 is 0 Å². The molecule has 0 radical (unpaired) electrons. The predicted molar refractivity (Wildman–Crippen MR) is 118 cm³/mol. The van der Waals surface area contributed by atoms with E-state index in [1.807, 2.05) is 30.3 Å². The van der Waals surface area contributed by atoms with Gasteiger partial charge in [0.1, 0.15) is 5.82 Å². The van der Waals surface area contributed by atoms with E-state index in [1.54, 1.807) is 24.3 Å². The monoisotopic (exact) mass is 434 g/mol. The maximum Gasteiger partial charge on any atom is 0.267 e. The Balaban J connectivity index is 1.86. The second-order valence-corrected chi connectivity index (χ2v) is 9.21. The smallest absolute Gasteiger partial charge is 0.267 e. The summed E-state index contributed by atoms with van der Waals surface area (Å²) in [6.07, 6.45) is 1.14. The normalized spacial score (nSPS) is 11.4. The first kappa shape index (κ1) is 20.7. The van der Waals surface area contributed by atoms with E-state index in [0.717, 1.165) is 11.8 Å². The van der Waals surface area contributed by atoms with Gasteiger partial charge in [0.2, 0.25) is 0 Å². The summed E-state index contributed by atoms with van der Waals surface area (Å²) in [6.45, 7) is 0.293. The first-order chi connectivity index (χ1) is 14.8. The van der Waals surface area contributed by atoms with Crippen molar-refractivity contribution < 1.29 is 12.8 Å². The van der Waals surface area contributed by atoms with Gasteiger partial charge in [0.05, 0.1) is 17.1 Å². The Morgan fingerprint density at radius 1 is 0.871 bits per heavy atom. The van der Waals surface area contributed by atoms with Gasteiger partial charge >= 0.3 is 0 Å². The summed E-state index contributed by atoms with van der Waals surface area (Å²) in [7, 11) is -3.34. The number of nitrogens with zero attached hydrogens (tertiary/aromatic N) is 2. The fourth-order valence-corrected chi connectivity index (χ4v) is 3.91. The van der Waals surface area contributed by atoms with Gasteiger partial charge in [0, 0.05) is 23.4 Å². The average molecular weight is 434 g/mol. The summed E-state index contributed by atoms with van der Waals surface area (Å²) < 4.78 is 38.4. The molecule has 3 aromatic carbocycles. The van der Waals surface area contributed by atoms with Crippen molar-refractivity contribution >= 4 is 9.84 Å². The molecule has 0 atom stereocenters. The van der Waals surface area contributed by atoms with E-state index < -0.39 is 9.84 Å². The summed E-state index contributed by atoms with van der Waals surface area (Å²) in [5.41, 5.74) is 2.96. The number of hydrogen-bond donors (Lipinski definition) is 0. The Hall–Kier alpha value is -3.58. The van der Waals surface area contributed by atoms with E-state index in [4.69, 9.17) is 0 Å². The first-order valence-corrected chi connectivity index (χ1v) is 11.4. The van der Waals surface area contributed by atoms with Crippen LogP contribution in [0.25, 0.3) is 22.4 Å². The Labute approximate surface area is 179 Å².